The maximum absolute atomic E-state index is 13.1. The quantitative estimate of drug-likeness (QED) is 0.709. The standard InChI is InChI=1S/C16H29N3O3S/c1-18(2)13-14-12-17-16(19(14)10-11-22-3)23(20,21)15-8-6-4-5-7-9-15/h12,15H,4-11,13H2,1-3H3. The van der Waals surface area contributed by atoms with Gasteiger partial charge in [0.2, 0.25) is 15.0 Å². The molecule has 0 N–H and O–H groups in total. The first-order chi connectivity index (χ1) is 11.0. The normalized spacial score (nSPS) is 17.6. The first kappa shape index (κ1) is 18.4. The summed E-state index contributed by atoms with van der Waals surface area (Å²) in [6.45, 7) is 1.65. The fourth-order valence-corrected chi connectivity index (χ4v) is 5.16. The maximum atomic E-state index is 13.1. The van der Waals surface area contributed by atoms with Gasteiger partial charge < -0.3 is 14.2 Å². The SMILES string of the molecule is COCCn1c(CN(C)C)cnc1S(=O)(=O)C1CCCCCC1. The lowest BCUT2D eigenvalue weighted by atomic mass is 10.2. The Morgan fingerprint density at radius 2 is 1.91 bits per heavy atom. The summed E-state index contributed by atoms with van der Waals surface area (Å²) >= 11 is 0. The zero-order valence-corrected chi connectivity index (χ0v) is 15.3. The predicted octanol–water partition coefficient (Wildman–Crippen LogP) is 2.09. The Morgan fingerprint density at radius 1 is 1.26 bits per heavy atom. The van der Waals surface area contributed by atoms with E-state index in [9.17, 15) is 8.42 Å². The number of imidazole rings is 1. The van der Waals surface area contributed by atoms with Crippen LogP contribution < -0.4 is 0 Å². The summed E-state index contributed by atoms with van der Waals surface area (Å²) in [5.74, 6) is 0. The Kier molecular flexibility index (Phi) is 6.61. The molecule has 132 valence electrons. The Balaban J connectivity index is 2.33. The van der Waals surface area contributed by atoms with Gasteiger partial charge in [0.1, 0.15) is 0 Å². The van der Waals surface area contributed by atoms with Crippen molar-refractivity contribution in [3.05, 3.63) is 11.9 Å². The van der Waals surface area contributed by atoms with Gasteiger partial charge in [0, 0.05) is 20.2 Å². The van der Waals surface area contributed by atoms with Gasteiger partial charge in [-0.25, -0.2) is 13.4 Å². The molecule has 1 heterocycles. The summed E-state index contributed by atoms with van der Waals surface area (Å²) < 4.78 is 33.1. The summed E-state index contributed by atoms with van der Waals surface area (Å²) in [5, 5.41) is -0.0702. The van der Waals surface area contributed by atoms with Crippen LogP contribution in [0.15, 0.2) is 11.4 Å². The van der Waals surface area contributed by atoms with Crippen molar-refractivity contribution in [2.24, 2.45) is 0 Å². The van der Waals surface area contributed by atoms with E-state index in [1.165, 1.54) is 0 Å². The third-order valence-electron chi connectivity index (χ3n) is 4.39. The fraction of sp³-hybridized carbons (Fsp3) is 0.812. The third kappa shape index (κ3) is 4.55. The van der Waals surface area contributed by atoms with E-state index < -0.39 is 9.84 Å². The fourth-order valence-electron chi connectivity index (χ4n) is 3.19. The van der Waals surface area contributed by atoms with Gasteiger partial charge in [-0.1, -0.05) is 25.7 Å². The molecular weight excluding hydrogens is 314 g/mol. The van der Waals surface area contributed by atoms with E-state index in [0.29, 0.717) is 19.7 Å². The van der Waals surface area contributed by atoms with Gasteiger partial charge in [0.15, 0.2) is 0 Å². The molecular formula is C16H29N3O3S. The first-order valence-electron chi connectivity index (χ1n) is 8.38. The molecule has 0 aromatic carbocycles. The molecule has 0 amide bonds. The van der Waals surface area contributed by atoms with E-state index in [4.69, 9.17) is 4.74 Å². The summed E-state index contributed by atoms with van der Waals surface area (Å²) in [5.41, 5.74) is 0.916. The first-order valence-corrected chi connectivity index (χ1v) is 9.93. The van der Waals surface area contributed by atoms with Crippen LogP contribution in [-0.2, 0) is 27.7 Å². The molecule has 0 unspecified atom stereocenters. The van der Waals surface area contributed by atoms with Crippen LogP contribution in [0.5, 0.6) is 0 Å². The minimum atomic E-state index is -3.38. The van der Waals surface area contributed by atoms with Gasteiger partial charge in [-0.15, -0.1) is 0 Å². The summed E-state index contributed by atoms with van der Waals surface area (Å²) in [6.07, 6.45) is 7.46. The average Bonchev–Trinajstić information content (AvgIpc) is 2.72. The molecule has 1 aromatic rings. The molecule has 0 spiro atoms. The zero-order valence-electron chi connectivity index (χ0n) is 14.5. The van der Waals surface area contributed by atoms with Crippen LogP contribution in [0.2, 0.25) is 0 Å². The van der Waals surface area contributed by atoms with E-state index in [1.54, 1.807) is 13.3 Å². The van der Waals surface area contributed by atoms with Crippen molar-refractivity contribution >= 4 is 9.84 Å². The maximum Gasteiger partial charge on any atom is 0.228 e. The van der Waals surface area contributed by atoms with Crippen molar-refractivity contribution < 1.29 is 13.2 Å². The highest BCUT2D eigenvalue weighted by Gasteiger charge is 2.32. The molecule has 7 heteroatoms. The van der Waals surface area contributed by atoms with Crippen LogP contribution in [0.1, 0.15) is 44.2 Å². The van der Waals surface area contributed by atoms with Gasteiger partial charge in [-0.3, -0.25) is 0 Å². The van der Waals surface area contributed by atoms with Crippen molar-refractivity contribution in [3.63, 3.8) is 0 Å². The number of ether oxygens (including phenoxy) is 1. The Bertz CT molecular complexity index is 588. The second-order valence-electron chi connectivity index (χ2n) is 6.57. The van der Waals surface area contributed by atoms with Crippen molar-refractivity contribution in [1.82, 2.24) is 14.5 Å². The number of rotatable bonds is 7. The molecule has 0 aliphatic heterocycles. The van der Waals surface area contributed by atoms with Crippen molar-refractivity contribution in [2.75, 3.05) is 27.8 Å². The molecule has 2 rings (SSSR count). The zero-order chi connectivity index (χ0) is 16.9. The largest absolute Gasteiger partial charge is 0.383 e. The molecule has 0 atom stereocenters. The smallest absolute Gasteiger partial charge is 0.228 e. The Hall–Kier alpha value is -0.920. The third-order valence-corrected chi connectivity index (χ3v) is 6.58. The highest BCUT2D eigenvalue weighted by atomic mass is 32.2. The number of nitrogens with zero attached hydrogens (tertiary/aromatic N) is 3. The van der Waals surface area contributed by atoms with E-state index in [1.807, 2.05) is 23.6 Å². The second kappa shape index (κ2) is 8.26. The predicted molar refractivity (Wildman–Crippen MR) is 90.2 cm³/mol. The minimum absolute atomic E-state index is 0.221. The number of aromatic nitrogens is 2. The lowest BCUT2D eigenvalue weighted by molar-refractivity contribution is 0.182. The van der Waals surface area contributed by atoms with Crippen LogP contribution in [0.25, 0.3) is 0 Å². The van der Waals surface area contributed by atoms with Crippen LogP contribution in [-0.4, -0.2) is 55.9 Å². The van der Waals surface area contributed by atoms with Crippen LogP contribution in [0.3, 0.4) is 0 Å². The lowest BCUT2D eigenvalue weighted by Gasteiger charge is -2.18. The molecule has 23 heavy (non-hydrogen) atoms. The van der Waals surface area contributed by atoms with Crippen LogP contribution in [0, 0.1) is 0 Å². The summed E-state index contributed by atoms with van der Waals surface area (Å²) in [4.78, 5) is 6.31. The monoisotopic (exact) mass is 343 g/mol. The van der Waals surface area contributed by atoms with Crippen molar-refractivity contribution in [3.8, 4) is 0 Å². The van der Waals surface area contributed by atoms with Gasteiger partial charge in [0.25, 0.3) is 0 Å². The highest BCUT2D eigenvalue weighted by molar-refractivity contribution is 7.91. The molecule has 6 nitrogen and oxygen atoms in total. The molecule has 0 radical (unpaired) electrons. The van der Waals surface area contributed by atoms with E-state index in [-0.39, 0.29) is 10.4 Å². The lowest BCUT2D eigenvalue weighted by Crippen LogP contribution is -2.26. The number of hydrogen-bond donors (Lipinski definition) is 0. The molecule has 1 aliphatic rings. The van der Waals surface area contributed by atoms with E-state index in [2.05, 4.69) is 4.98 Å². The summed E-state index contributed by atoms with van der Waals surface area (Å²) in [6, 6.07) is 0. The Morgan fingerprint density at radius 3 is 2.48 bits per heavy atom. The topological polar surface area (TPSA) is 64.4 Å². The van der Waals surface area contributed by atoms with Crippen LogP contribution >= 0.6 is 0 Å². The summed E-state index contributed by atoms with van der Waals surface area (Å²) in [7, 11) is 2.17. The number of methoxy groups -OCH3 is 1. The molecule has 0 saturated heterocycles. The minimum Gasteiger partial charge on any atom is -0.383 e. The van der Waals surface area contributed by atoms with Gasteiger partial charge in [-0.05, 0) is 26.9 Å². The van der Waals surface area contributed by atoms with Gasteiger partial charge in [0.05, 0.1) is 23.7 Å². The van der Waals surface area contributed by atoms with E-state index in [0.717, 1.165) is 44.2 Å². The molecule has 0 bridgehead atoms. The molecule has 1 fully saturated rings. The van der Waals surface area contributed by atoms with Crippen molar-refractivity contribution in [2.45, 2.75) is 62.0 Å². The van der Waals surface area contributed by atoms with Gasteiger partial charge >= 0.3 is 0 Å². The van der Waals surface area contributed by atoms with Crippen molar-refractivity contribution in [1.29, 1.82) is 0 Å². The molecule has 1 aromatic heterocycles. The number of sulfone groups is 1. The highest BCUT2D eigenvalue weighted by Crippen LogP contribution is 2.28. The van der Waals surface area contributed by atoms with E-state index >= 15 is 0 Å². The van der Waals surface area contributed by atoms with Crippen LogP contribution in [0.4, 0.5) is 0 Å². The Labute approximate surface area is 139 Å². The molecule has 1 aliphatic carbocycles. The van der Waals surface area contributed by atoms with Gasteiger partial charge in [-0.2, -0.15) is 0 Å². The second-order valence-corrected chi connectivity index (χ2v) is 8.69. The average molecular weight is 343 g/mol. The number of hydrogen-bond acceptors (Lipinski definition) is 5. The molecule has 1 saturated carbocycles.